The Balaban J connectivity index is 2.22. The van der Waals surface area contributed by atoms with E-state index in [1.807, 2.05) is 36.9 Å². The minimum Gasteiger partial charge on any atom is -0.456 e. The lowest BCUT2D eigenvalue weighted by atomic mass is 9.85. The number of hydrogen-bond acceptors (Lipinski definition) is 4. The molecule has 1 unspecified atom stereocenters. The normalized spacial score (nSPS) is 21.3. The summed E-state index contributed by atoms with van der Waals surface area (Å²) >= 11 is 6.35. The van der Waals surface area contributed by atoms with Crippen LogP contribution in [0.5, 0.6) is 0 Å². The van der Waals surface area contributed by atoms with Gasteiger partial charge < -0.3 is 9.64 Å². The molecule has 5 heteroatoms. The van der Waals surface area contributed by atoms with E-state index in [4.69, 9.17) is 16.3 Å². The van der Waals surface area contributed by atoms with Gasteiger partial charge in [-0.25, -0.2) is 4.79 Å². The van der Waals surface area contributed by atoms with Crippen molar-refractivity contribution in [3.63, 3.8) is 0 Å². The van der Waals surface area contributed by atoms with Crippen LogP contribution in [0.15, 0.2) is 46.8 Å². The van der Waals surface area contributed by atoms with Gasteiger partial charge in [0.05, 0.1) is 11.3 Å². The number of benzene rings is 1. The maximum atomic E-state index is 12.4. The second kappa shape index (κ2) is 6.20. The fourth-order valence-corrected chi connectivity index (χ4v) is 3.67. The van der Waals surface area contributed by atoms with Crippen LogP contribution in [-0.4, -0.2) is 30.3 Å². The second-order valence-corrected chi connectivity index (χ2v) is 6.09. The molecule has 0 amide bonds. The van der Waals surface area contributed by atoms with E-state index < -0.39 is 0 Å². The molecule has 0 aromatic heterocycles. The van der Waals surface area contributed by atoms with Gasteiger partial charge in [0.2, 0.25) is 0 Å². The van der Waals surface area contributed by atoms with Gasteiger partial charge in [-0.15, -0.1) is 0 Å². The van der Waals surface area contributed by atoms with E-state index in [-0.39, 0.29) is 18.5 Å². The van der Waals surface area contributed by atoms with Crippen LogP contribution in [0, 0.1) is 0 Å². The molecule has 0 aliphatic carbocycles. The number of halogens is 1. The molecular formula is C18H18ClNO3. The molecule has 1 atom stereocenters. The fourth-order valence-electron chi connectivity index (χ4n) is 3.40. The average molecular weight is 332 g/mol. The van der Waals surface area contributed by atoms with Crippen molar-refractivity contribution in [2.45, 2.75) is 26.2 Å². The van der Waals surface area contributed by atoms with Crippen molar-refractivity contribution >= 4 is 23.9 Å². The van der Waals surface area contributed by atoms with Crippen molar-refractivity contribution in [2.24, 2.45) is 0 Å². The number of hydrogen-bond donors (Lipinski definition) is 0. The van der Waals surface area contributed by atoms with Gasteiger partial charge in [-0.05, 0) is 31.9 Å². The molecule has 2 aliphatic rings. The maximum absolute atomic E-state index is 12.4. The lowest BCUT2D eigenvalue weighted by Gasteiger charge is -2.24. The molecular weight excluding hydrogens is 314 g/mol. The topological polar surface area (TPSA) is 46.6 Å². The SMILES string of the molecule is CCN1C(C)=C(C=O)CC(c2ccccc2Cl)C2=C1COC2=O. The second-order valence-electron chi connectivity index (χ2n) is 5.69. The molecule has 0 bridgehead atoms. The van der Waals surface area contributed by atoms with Gasteiger partial charge in [-0.3, -0.25) is 4.79 Å². The van der Waals surface area contributed by atoms with E-state index in [0.29, 0.717) is 29.1 Å². The minimum atomic E-state index is -0.316. The van der Waals surface area contributed by atoms with E-state index in [1.54, 1.807) is 6.07 Å². The predicted octanol–water partition coefficient (Wildman–Crippen LogP) is 3.43. The molecule has 0 N–H and O–H groups in total. The molecule has 0 fully saturated rings. The van der Waals surface area contributed by atoms with Crippen LogP contribution in [0.2, 0.25) is 5.02 Å². The lowest BCUT2D eigenvalue weighted by Crippen LogP contribution is -2.23. The van der Waals surface area contributed by atoms with Crippen LogP contribution in [0.1, 0.15) is 31.7 Å². The highest BCUT2D eigenvalue weighted by molar-refractivity contribution is 6.31. The van der Waals surface area contributed by atoms with Crippen molar-refractivity contribution in [3.05, 3.63) is 57.4 Å². The third kappa shape index (κ3) is 2.57. The summed E-state index contributed by atoms with van der Waals surface area (Å²) in [5, 5.41) is 0.594. The summed E-state index contributed by atoms with van der Waals surface area (Å²) in [7, 11) is 0. The first kappa shape index (κ1) is 15.8. The quantitative estimate of drug-likeness (QED) is 0.629. The number of nitrogens with zero attached hydrogens (tertiary/aromatic N) is 1. The van der Waals surface area contributed by atoms with E-state index in [1.165, 1.54) is 0 Å². The summed E-state index contributed by atoms with van der Waals surface area (Å²) in [4.78, 5) is 26.0. The van der Waals surface area contributed by atoms with Crippen molar-refractivity contribution in [3.8, 4) is 0 Å². The van der Waals surface area contributed by atoms with Gasteiger partial charge in [0.1, 0.15) is 12.9 Å². The number of aldehydes is 1. The van der Waals surface area contributed by atoms with Gasteiger partial charge in [0.15, 0.2) is 0 Å². The number of cyclic esters (lactones) is 1. The van der Waals surface area contributed by atoms with Gasteiger partial charge in [0, 0.05) is 28.8 Å². The first-order valence-corrected chi connectivity index (χ1v) is 8.03. The monoisotopic (exact) mass is 331 g/mol. The zero-order valence-electron chi connectivity index (χ0n) is 13.1. The Morgan fingerprint density at radius 2 is 2.13 bits per heavy atom. The Hall–Kier alpha value is -2.07. The fraction of sp³-hybridized carbons (Fsp3) is 0.333. The summed E-state index contributed by atoms with van der Waals surface area (Å²) in [5.41, 5.74) is 3.89. The Labute approximate surface area is 140 Å². The van der Waals surface area contributed by atoms with Crippen LogP contribution in [0.3, 0.4) is 0 Å². The van der Waals surface area contributed by atoms with Crippen LogP contribution < -0.4 is 0 Å². The first-order chi connectivity index (χ1) is 11.1. The van der Waals surface area contributed by atoms with Crippen molar-refractivity contribution < 1.29 is 14.3 Å². The average Bonchev–Trinajstić information content (AvgIpc) is 2.86. The Bertz CT molecular complexity index is 736. The minimum absolute atomic E-state index is 0.242. The predicted molar refractivity (Wildman–Crippen MR) is 87.9 cm³/mol. The summed E-state index contributed by atoms with van der Waals surface area (Å²) in [6.45, 7) is 4.82. The summed E-state index contributed by atoms with van der Waals surface area (Å²) in [6, 6.07) is 7.45. The molecule has 2 heterocycles. The molecule has 0 radical (unpaired) electrons. The summed E-state index contributed by atoms with van der Waals surface area (Å²) in [5.74, 6) is -0.580. The number of rotatable bonds is 3. The molecule has 3 rings (SSSR count). The van der Waals surface area contributed by atoms with Crippen LogP contribution in [-0.2, 0) is 14.3 Å². The van der Waals surface area contributed by atoms with Crippen LogP contribution >= 0.6 is 11.6 Å². The molecule has 23 heavy (non-hydrogen) atoms. The summed E-state index contributed by atoms with van der Waals surface area (Å²) < 4.78 is 5.29. The van der Waals surface area contributed by atoms with Crippen molar-refractivity contribution in [1.82, 2.24) is 4.90 Å². The highest BCUT2D eigenvalue weighted by Gasteiger charge is 2.38. The molecule has 2 aliphatic heterocycles. The highest BCUT2D eigenvalue weighted by Crippen LogP contribution is 2.43. The smallest absolute Gasteiger partial charge is 0.336 e. The van der Waals surface area contributed by atoms with Gasteiger partial charge >= 0.3 is 5.97 Å². The summed E-state index contributed by atoms with van der Waals surface area (Å²) in [6.07, 6.45) is 1.33. The molecule has 0 saturated carbocycles. The van der Waals surface area contributed by atoms with Gasteiger partial charge in [-0.1, -0.05) is 29.8 Å². The van der Waals surface area contributed by atoms with Crippen LogP contribution in [0.25, 0.3) is 0 Å². The van der Waals surface area contributed by atoms with E-state index in [0.717, 1.165) is 23.2 Å². The molecule has 120 valence electrons. The number of carbonyl (C=O) groups is 2. The van der Waals surface area contributed by atoms with E-state index in [2.05, 4.69) is 0 Å². The number of esters is 1. The Kier molecular flexibility index (Phi) is 4.26. The molecule has 0 saturated heterocycles. The number of allylic oxidation sites excluding steroid dienone is 2. The number of carbonyl (C=O) groups excluding carboxylic acids is 2. The first-order valence-electron chi connectivity index (χ1n) is 7.65. The van der Waals surface area contributed by atoms with Gasteiger partial charge in [-0.2, -0.15) is 0 Å². The Morgan fingerprint density at radius 1 is 1.39 bits per heavy atom. The third-order valence-electron chi connectivity index (χ3n) is 4.58. The van der Waals surface area contributed by atoms with Gasteiger partial charge in [0.25, 0.3) is 0 Å². The molecule has 1 aromatic carbocycles. The highest BCUT2D eigenvalue weighted by atomic mass is 35.5. The third-order valence-corrected chi connectivity index (χ3v) is 4.92. The van der Waals surface area contributed by atoms with Crippen LogP contribution in [0.4, 0.5) is 0 Å². The van der Waals surface area contributed by atoms with Crippen molar-refractivity contribution in [1.29, 1.82) is 0 Å². The lowest BCUT2D eigenvalue weighted by molar-refractivity contribution is -0.136. The zero-order chi connectivity index (χ0) is 16.6. The van der Waals surface area contributed by atoms with Crippen molar-refractivity contribution in [2.75, 3.05) is 13.2 Å². The largest absolute Gasteiger partial charge is 0.456 e. The number of ether oxygens (including phenoxy) is 1. The molecule has 0 spiro atoms. The number of likely N-dealkylation sites (N-methyl/N-ethyl adjacent to an activating group) is 1. The Morgan fingerprint density at radius 3 is 2.78 bits per heavy atom. The molecule has 4 nitrogen and oxygen atoms in total. The van der Waals surface area contributed by atoms with E-state index >= 15 is 0 Å². The maximum Gasteiger partial charge on any atom is 0.336 e. The van der Waals surface area contributed by atoms with E-state index in [9.17, 15) is 9.59 Å². The zero-order valence-corrected chi connectivity index (χ0v) is 13.9. The standard InChI is InChI=1S/C18H18ClNO3/c1-3-20-11(2)12(9-21)8-14(13-6-4-5-7-15(13)19)17-16(20)10-23-18(17)22/h4-7,9,14H,3,8,10H2,1-2H3. The molecule has 1 aromatic rings.